The molecule has 0 N–H and O–H groups in total. The third-order valence-corrected chi connectivity index (χ3v) is 4.35. The second-order valence-electron chi connectivity index (χ2n) is 5.71. The van der Waals surface area contributed by atoms with E-state index in [0.29, 0.717) is 16.9 Å². The number of allylic oxidation sites excluding steroid dienone is 1. The van der Waals surface area contributed by atoms with Gasteiger partial charge in [0.15, 0.2) is 0 Å². The number of ether oxygens (including phenoxy) is 1. The van der Waals surface area contributed by atoms with Crippen LogP contribution in [0.15, 0.2) is 54.1 Å². The van der Waals surface area contributed by atoms with Gasteiger partial charge < -0.3 is 4.74 Å². The van der Waals surface area contributed by atoms with Crippen molar-refractivity contribution in [2.45, 2.75) is 6.92 Å². The Morgan fingerprint density at radius 2 is 2.00 bits per heavy atom. The Morgan fingerprint density at radius 1 is 1.23 bits per heavy atom. The minimum Gasteiger partial charge on any atom is -0.496 e. The number of halogens is 1. The van der Waals surface area contributed by atoms with E-state index < -0.39 is 5.78 Å². The van der Waals surface area contributed by atoms with Gasteiger partial charge in [-0.2, -0.15) is 5.26 Å². The van der Waals surface area contributed by atoms with E-state index in [0.717, 1.165) is 16.5 Å². The maximum absolute atomic E-state index is 12.8. The largest absolute Gasteiger partial charge is 0.496 e. The van der Waals surface area contributed by atoms with Crippen LogP contribution in [0.4, 0.5) is 0 Å². The van der Waals surface area contributed by atoms with Gasteiger partial charge in [-0.3, -0.25) is 4.79 Å². The fourth-order valence-electron chi connectivity index (χ4n) is 2.72. The van der Waals surface area contributed by atoms with Crippen molar-refractivity contribution < 1.29 is 9.53 Å². The number of carbonyl (C=O) groups is 1. The predicted octanol–water partition coefficient (Wildman–Crippen LogP) is 5.00. The summed E-state index contributed by atoms with van der Waals surface area (Å²) in [6, 6.07) is 16.3. The normalized spacial score (nSPS) is 11.2. The van der Waals surface area contributed by atoms with Crippen LogP contribution in [-0.2, 0) is 0 Å². The van der Waals surface area contributed by atoms with Gasteiger partial charge in [-0.15, -0.1) is 0 Å². The van der Waals surface area contributed by atoms with Crippen LogP contribution in [-0.4, -0.2) is 17.9 Å². The molecule has 3 aromatic rings. The molecular formula is C21H15ClN2O2. The van der Waals surface area contributed by atoms with Gasteiger partial charge in [-0.1, -0.05) is 41.9 Å². The molecule has 2 aromatic carbocycles. The van der Waals surface area contributed by atoms with E-state index in [1.165, 1.54) is 13.2 Å². The number of hydrogen-bond acceptors (Lipinski definition) is 4. The van der Waals surface area contributed by atoms with Crippen LogP contribution in [0.1, 0.15) is 21.5 Å². The Bertz CT molecular complexity index is 1080. The molecule has 5 heteroatoms. The van der Waals surface area contributed by atoms with Crippen molar-refractivity contribution in [3.8, 4) is 11.8 Å². The van der Waals surface area contributed by atoms with Crippen LogP contribution in [0.2, 0.25) is 5.15 Å². The maximum Gasteiger partial charge on any atom is 0.207 e. The second-order valence-corrected chi connectivity index (χ2v) is 6.07. The second kappa shape index (κ2) is 7.38. The molecule has 1 aromatic heterocycles. The Balaban J connectivity index is 2.10. The van der Waals surface area contributed by atoms with Crippen molar-refractivity contribution in [1.82, 2.24) is 4.98 Å². The number of hydrogen-bond donors (Lipinski definition) is 0. The maximum atomic E-state index is 12.8. The van der Waals surface area contributed by atoms with Gasteiger partial charge in [0.25, 0.3) is 0 Å². The summed E-state index contributed by atoms with van der Waals surface area (Å²) in [5.74, 6) is -0.0117. The van der Waals surface area contributed by atoms with E-state index in [2.05, 4.69) is 4.98 Å². The first-order chi connectivity index (χ1) is 12.5. The highest BCUT2D eigenvalue weighted by Crippen LogP contribution is 2.26. The number of aromatic nitrogens is 1. The molecule has 0 spiro atoms. The number of benzene rings is 2. The number of para-hydroxylation sites is 2. The third-order valence-electron chi connectivity index (χ3n) is 4.04. The van der Waals surface area contributed by atoms with E-state index >= 15 is 0 Å². The number of Topliss-reactive ketones (excluding diaryl/α,β-unsaturated/α-hetero) is 1. The van der Waals surface area contributed by atoms with Crippen molar-refractivity contribution in [2.24, 2.45) is 0 Å². The highest BCUT2D eigenvalue weighted by atomic mass is 35.5. The molecule has 0 amide bonds. The number of ketones is 1. The summed E-state index contributed by atoms with van der Waals surface area (Å²) in [6.07, 6.45) is 1.46. The predicted molar refractivity (Wildman–Crippen MR) is 102 cm³/mol. The molecule has 0 aliphatic rings. The molecule has 0 aliphatic heterocycles. The SMILES string of the molecule is COc1ccccc1C(=O)/C(C#N)=C/c1cc2cccc(C)c2nc1Cl. The zero-order chi connectivity index (χ0) is 18.7. The van der Waals surface area contributed by atoms with Gasteiger partial charge in [-0.05, 0) is 36.8 Å². The summed E-state index contributed by atoms with van der Waals surface area (Å²) >= 11 is 6.28. The lowest BCUT2D eigenvalue weighted by molar-refractivity contribution is 0.103. The molecule has 3 rings (SSSR count). The number of nitriles is 1. The lowest BCUT2D eigenvalue weighted by atomic mass is 10.0. The Morgan fingerprint density at radius 3 is 2.73 bits per heavy atom. The van der Waals surface area contributed by atoms with E-state index in [4.69, 9.17) is 16.3 Å². The van der Waals surface area contributed by atoms with Crippen molar-refractivity contribution >= 4 is 34.4 Å². The van der Waals surface area contributed by atoms with Gasteiger partial charge in [0.2, 0.25) is 5.78 Å². The number of methoxy groups -OCH3 is 1. The highest BCUT2D eigenvalue weighted by Gasteiger charge is 2.17. The lowest BCUT2D eigenvalue weighted by Crippen LogP contribution is -2.04. The zero-order valence-electron chi connectivity index (χ0n) is 14.3. The van der Waals surface area contributed by atoms with Gasteiger partial charge >= 0.3 is 0 Å². The van der Waals surface area contributed by atoms with E-state index in [-0.39, 0.29) is 10.7 Å². The quantitative estimate of drug-likeness (QED) is 0.284. The monoisotopic (exact) mass is 362 g/mol. The van der Waals surface area contributed by atoms with Crippen LogP contribution in [0.3, 0.4) is 0 Å². The standard InChI is InChI=1S/C21H15ClN2O2/c1-13-6-5-7-14-10-15(21(22)24-19(13)14)11-16(12-23)20(25)17-8-3-4-9-18(17)26-2/h3-11H,1-2H3/b16-11+. The molecule has 128 valence electrons. The first kappa shape index (κ1) is 17.7. The molecule has 0 saturated heterocycles. The average Bonchev–Trinajstić information content (AvgIpc) is 2.66. The van der Waals surface area contributed by atoms with Crippen molar-refractivity contribution in [1.29, 1.82) is 5.26 Å². The molecule has 0 atom stereocenters. The molecule has 0 saturated carbocycles. The van der Waals surface area contributed by atoms with E-state index in [1.807, 2.05) is 37.3 Å². The van der Waals surface area contributed by atoms with Crippen molar-refractivity contribution in [3.05, 3.63) is 75.9 Å². The van der Waals surface area contributed by atoms with E-state index in [9.17, 15) is 10.1 Å². The molecule has 0 bridgehead atoms. The van der Waals surface area contributed by atoms with Crippen LogP contribution in [0, 0.1) is 18.3 Å². The van der Waals surface area contributed by atoms with Gasteiger partial charge in [-0.25, -0.2) is 4.98 Å². The Kier molecular flexibility index (Phi) is 5.01. The first-order valence-corrected chi connectivity index (χ1v) is 8.28. The fraction of sp³-hybridized carbons (Fsp3) is 0.0952. The zero-order valence-corrected chi connectivity index (χ0v) is 15.0. The van der Waals surface area contributed by atoms with Gasteiger partial charge in [0, 0.05) is 10.9 Å². The smallest absolute Gasteiger partial charge is 0.207 e. The topological polar surface area (TPSA) is 63.0 Å². The number of pyridine rings is 1. The summed E-state index contributed by atoms with van der Waals surface area (Å²) in [5.41, 5.74) is 2.60. The van der Waals surface area contributed by atoms with Crippen LogP contribution < -0.4 is 4.74 Å². The first-order valence-electron chi connectivity index (χ1n) is 7.90. The van der Waals surface area contributed by atoms with Gasteiger partial charge in [0.1, 0.15) is 22.5 Å². The lowest BCUT2D eigenvalue weighted by Gasteiger charge is -2.07. The minimum absolute atomic E-state index is 0.0368. The Hall–Kier alpha value is -3.16. The van der Waals surface area contributed by atoms with Crippen molar-refractivity contribution in [2.75, 3.05) is 7.11 Å². The molecular weight excluding hydrogens is 348 g/mol. The third kappa shape index (κ3) is 3.30. The summed E-state index contributed by atoms with van der Waals surface area (Å²) in [5, 5.41) is 10.6. The number of nitrogens with zero attached hydrogens (tertiary/aromatic N) is 2. The molecule has 0 fully saturated rings. The number of carbonyl (C=O) groups excluding carboxylic acids is 1. The number of rotatable bonds is 4. The minimum atomic E-state index is -0.426. The molecule has 0 aliphatic carbocycles. The molecule has 1 heterocycles. The summed E-state index contributed by atoms with van der Waals surface area (Å²) < 4.78 is 5.21. The fourth-order valence-corrected chi connectivity index (χ4v) is 2.92. The van der Waals surface area contributed by atoms with E-state index in [1.54, 1.807) is 24.3 Å². The molecule has 4 nitrogen and oxygen atoms in total. The molecule has 0 radical (unpaired) electrons. The summed E-state index contributed by atoms with van der Waals surface area (Å²) in [4.78, 5) is 17.2. The Labute approximate surface area is 156 Å². The van der Waals surface area contributed by atoms with Crippen molar-refractivity contribution in [3.63, 3.8) is 0 Å². The van der Waals surface area contributed by atoms with Crippen LogP contribution in [0.5, 0.6) is 5.75 Å². The average molecular weight is 363 g/mol. The summed E-state index contributed by atoms with van der Waals surface area (Å²) in [7, 11) is 1.48. The van der Waals surface area contributed by atoms with Crippen LogP contribution >= 0.6 is 11.6 Å². The van der Waals surface area contributed by atoms with Gasteiger partial charge in [0.05, 0.1) is 18.2 Å². The highest BCUT2D eigenvalue weighted by molar-refractivity contribution is 6.31. The van der Waals surface area contributed by atoms with Crippen LogP contribution in [0.25, 0.3) is 17.0 Å². The molecule has 26 heavy (non-hydrogen) atoms. The number of aryl methyl sites for hydroxylation is 1. The summed E-state index contributed by atoms with van der Waals surface area (Å²) in [6.45, 7) is 1.95. The number of fused-ring (bicyclic) bond motifs is 1. The molecule has 0 unspecified atom stereocenters.